The molecular weight excluding hydrogens is 737 g/mol. The molecule has 6 heteroatoms. The maximum Gasteiger partial charge on any atom is 0.397 e. The minimum atomic E-state index is -2.62. The van der Waals surface area contributed by atoms with Crippen molar-refractivity contribution in [2.45, 2.75) is 19.5 Å². The van der Waals surface area contributed by atoms with Gasteiger partial charge in [-0.2, -0.15) is 9.13 Å². The summed E-state index contributed by atoms with van der Waals surface area (Å²) in [5.74, 6) is 2.93. The molecule has 0 amide bonds. The van der Waals surface area contributed by atoms with E-state index in [0.29, 0.717) is 0 Å². The van der Waals surface area contributed by atoms with Crippen LogP contribution in [0.25, 0.3) is 66.7 Å². The van der Waals surface area contributed by atoms with Crippen LogP contribution in [-0.4, -0.2) is 17.3 Å². The van der Waals surface area contributed by atoms with Gasteiger partial charge in [-0.3, -0.25) is 0 Å². The second-order valence-corrected chi connectivity index (χ2v) is 20.5. The van der Waals surface area contributed by atoms with E-state index in [2.05, 4.69) is 202 Å². The minimum absolute atomic E-state index is 0.737. The second kappa shape index (κ2) is 10.0. The third kappa shape index (κ3) is 3.14. The number of ether oxygens (including phenoxy) is 1. The van der Waals surface area contributed by atoms with E-state index >= 15 is 0 Å². The number of hydrogen-bond donors (Lipinski definition) is 0. The molecule has 59 heavy (non-hydrogen) atoms. The zero-order valence-electron chi connectivity index (χ0n) is 32.4. The molecule has 3 aromatic heterocycles. The summed E-state index contributed by atoms with van der Waals surface area (Å²) in [4.78, 5) is 0. The van der Waals surface area contributed by atoms with Crippen molar-refractivity contribution in [1.29, 1.82) is 0 Å². The molecule has 5 nitrogen and oxygen atoms in total. The largest absolute Gasteiger partial charge is 0.456 e. The van der Waals surface area contributed by atoms with Gasteiger partial charge < -0.3 is 4.74 Å². The van der Waals surface area contributed by atoms with E-state index < -0.39 is 13.7 Å². The Morgan fingerprint density at radius 3 is 1.98 bits per heavy atom. The van der Waals surface area contributed by atoms with Crippen molar-refractivity contribution in [3.05, 3.63) is 193 Å². The van der Waals surface area contributed by atoms with Crippen LogP contribution in [0.2, 0.25) is 0 Å². The molecule has 7 aromatic carbocycles. The Bertz CT molecular complexity index is 3580. The summed E-state index contributed by atoms with van der Waals surface area (Å²) in [7, 11) is -2.62. The maximum atomic E-state index is 6.98. The average Bonchev–Trinajstić information content (AvgIpc) is 4.04. The molecule has 8 heterocycles. The lowest BCUT2D eigenvalue weighted by atomic mass is 9.84. The first-order valence-electron chi connectivity index (χ1n) is 20.6. The second-order valence-electron chi connectivity index (χ2n) is 16.9. The third-order valence-electron chi connectivity index (χ3n) is 14.5. The summed E-state index contributed by atoms with van der Waals surface area (Å²) in [5, 5.41) is 8.48. The van der Waals surface area contributed by atoms with E-state index in [4.69, 9.17) is 4.74 Å². The predicted molar refractivity (Wildman–Crippen MR) is 235 cm³/mol. The van der Waals surface area contributed by atoms with Gasteiger partial charge in [0.2, 0.25) is 5.69 Å². The summed E-state index contributed by atoms with van der Waals surface area (Å²) in [6.07, 6.45) is 2.28. The fourth-order valence-electron chi connectivity index (χ4n) is 12.6. The Hall–Kier alpha value is -7.28. The lowest BCUT2D eigenvalue weighted by molar-refractivity contribution is -0.995. The molecule has 0 saturated carbocycles. The highest BCUT2D eigenvalue weighted by atomic mass is 28.3. The van der Waals surface area contributed by atoms with Crippen LogP contribution in [-0.2, 0) is 5.66 Å². The molecule has 2 spiro atoms. The minimum Gasteiger partial charge on any atom is -0.456 e. The van der Waals surface area contributed by atoms with Crippen LogP contribution in [0.3, 0.4) is 0 Å². The molecule has 0 bridgehead atoms. The predicted octanol–water partition coefficient (Wildman–Crippen LogP) is 7.80. The zero-order valence-corrected chi connectivity index (χ0v) is 33.4. The zero-order chi connectivity index (χ0) is 38.5. The van der Waals surface area contributed by atoms with Crippen LogP contribution in [0, 0.1) is 13.8 Å². The van der Waals surface area contributed by atoms with Crippen LogP contribution in [0.5, 0.6) is 11.5 Å². The molecule has 0 N–H and O–H groups in total. The summed E-state index contributed by atoms with van der Waals surface area (Å²) in [6, 6.07) is 61.6. The SMILES string of the molecule is Cc1c(-c2ccc3c(c2)[Si]2(c4ccccc4-c4ccccc42)c2ccccc2-3)c(C)[n+]2n1-c1cccc3c1C21c2c(ccc4c5ccccc5n(c24)-c2cccc[n+]21)O3. The van der Waals surface area contributed by atoms with Gasteiger partial charge in [0, 0.05) is 23.8 Å². The Morgan fingerprint density at radius 2 is 1.22 bits per heavy atom. The number of benzene rings is 7. The van der Waals surface area contributed by atoms with Gasteiger partial charge in [0.25, 0.3) is 5.82 Å². The number of fused-ring (bicyclic) bond motifs is 17. The molecule has 274 valence electrons. The third-order valence-corrected chi connectivity index (χ3v) is 19.5. The van der Waals surface area contributed by atoms with E-state index in [1.165, 1.54) is 98.4 Å². The summed E-state index contributed by atoms with van der Waals surface area (Å²) in [6.45, 7) is 4.66. The molecule has 1 unspecified atom stereocenters. The van der Waals surface area contributed by atoms with Crippen LogP contribution in [0.4, 0.5) is 0 Å². The van der Waals surface area contributed by atoms with Crippen molar-refractivity contribution in [2.24, 2.45) is 0 Å². The van der Waals surface area contributed by atoms with Gasteiger partial charge in [-0.15, -0.1) is 4.68 Å². The van der Waals surface area contributed by atoms with Gasteiger partial charge in [-0.05, 0) is 98.0 Å². The van der Waals surface area contributed by atoms with E-state index in [9.17, 15) is 0 Å². The van der Waals surface area contributed by atoms with E-state index in [1.54, 1.807) is 0 Å². The Morgan fingerprint density at radius 1 is 0.559 bits per heavy atom. The fourth-order valence-corrected chi connectivity index (χ4v) is 18.3. The number of nitrogens with zero attached hydrogens (tertiary/aromatic N) is 4. The fraction of sp³-hybridized carbons (Fsp3) is 0.0566. The molecule has 15 rings (SSSR count). The molecule has 0 radical (unpaired) electrons. The Labute approximate surface area is 340 Å². The first-order valence-corrected chi connectivity index (χ1v) is 22.6. The molecule has 1 atom stereocenters. The lowest BCUT2D eigenvalue weighted by Crippen LogP contribution is -2.77. The lowest BCUT2D eigenvalue weighted by Gasteiger charge is -2.33. The normalized spacial score (nSPS) is 17.0. The van der Waals surface area contributed by atoms with Crippen LogP contribution < -0.4 is 34.7 Å². The van der Waals surface area contributed by atoms with Gasteiger partial charge in [0.1, 0.15) is 28.3 Å². The molecule has 0 saturated heterocycles. The highest BCUT2D eigenvalue weighted by Gasteiger charge is 2.70. The number of hydrogen-bond acceptors (Lipinski definition) is 1. The molecule has 5 aliphatic rings. The standard InChI is InChI=1S/C53H34N4OSi/c1-31-49(33-25-26-38-37-17-6-10-23-46(37)59(47(38)30-33)44-21-8-4-15-35(44)36-16-5-9-22-45(36)59)32(2)57-53-50-41(56(31)57)19-13-20-42(50)58-43-28-27-39-34-14-3-7-18-40(34)55(52(39)51(43)53)48-24-11-12-29-54(48)53/h3-30H,1-2H3/q+2. The van der Waals surface area contributed by atoms with Crippen LogP contribution >= 0.6 is 0 Å². The highest BCUT2D eigenvalue weighted by molar-refractivity contribution is 7.24. The molecule has 0 fully saturated rings. The quantitative estimate of drug-likeness (QED) is 0.124. The van der Waals surface area contributed by atoms with E-state index in [0.717, 1.165) is 23.0 Å². The van der Waals surface area contributed by atoms with Crippen molar-refractivity contribution >= 4 is 50.6 Å². The Balaban J connectivity index is 1.06. The summed E-state index contributed by atoms with van der Waals surface area (Å²) >= 11 is 0. The van der Waals surface area contributed by atoms with Gasteiger partial charge >= 0.3 is 5.66 Å². The molecular formula is C53H34N4OSi+2. The first-order chi connectivity index (χ1) is 29.1. The van der Waals surface area contributed by atoms with Gasteiger partial charge in [-0.1, -0.05) is 120 Å². The maximum absolute atomic E-state index is 6.98. The average molecular weight is 771 g/mol. The smallest absolute Gasteiger partial charge is 0.397 e. The van der Waals surface area contributed by atoms with Gasteiger partial charge in [-0.25, -0.2) is 0 Å². The van der Waals surface area contributed by atoms with Crippen LogP contribution in [0.15, 0.2) is 170 Å². The van der Waals surface area contributed by atoms with Crippen molar-refractivity contribution in [1.82, 2.24) is 9.25 Å². The molecule has 5 aliphatic heterocycles. The van der Waals surface area contributed by atoms with E-state index in [1.807, 2.05) is 0 Å². The van der Waals surface area contributed by atoms with E-state index in [-0.39, 0.29) is 0 Å². The topological polar surface area (TPSA) is 26.8 Å². The highest BCUT2D eigenvalue weighted by Crippen LogP contribution is 2.56. The summed E-state index contributed by atoms with van der Waals surface area (Å²) in [5.41, 5.74) is 15.7. The van der Waals surface area contributed by atoms with Crippen molar-refractivity contribution < 1.29 is 14.0 Å². The number of rotatable bonds is 1. The summed E-state index contributed by atoms with van der Waals surface area (Å²) < 4.78 is 17.1. The Kier molecular flexibility index (Phi) is 5.24. The number of pyridine rings is 1. The van der Waals surface area contributed by atoms with Gasteiger partial charge in [0.05, 0.1) is 17.5 Å². The van der Waals surface area contributed by atoms with Gasteiger partial charge in [0.15, 0.2) is 19.2 Å². The molecule has 10 aromatic rings. The number of aromatic nitrogens is 4. The molecule has 0 aliphatic carbocycles. The monoisotopic (exact) mass is 770 g/mol. The van der Waals surface area contributed by atoms with Crippen LogP contribution in [0.1, 0.15) is 22.5 Å². The number of para-hydroxylation sites is 1. The first kappa shape index (κ1) is 30.8. The van der Waals surface area contributed by atoms with Crippen molar-refractivity contribution in [3.8, 4) is 56.4 Å². The van der Waals surface area contributed by atoms with Crippen molar-refractivity contribution in [2.75, 3.05) is 0 Å². The van der Waals surface area contributed by atoms with Crippen molar-refractivity contribution in [3.63, 3.8) is 0 Å².